The fraction of sp³-hybridized carbons (Fsp3) is 0.474. The van der Waals surface area contributed by atoms with Crippen molar-refractivity contribution in [1.29, 1.82) is 0 Å². The Hall–Kier alpha value is -2.35. The first-order valence-electron chi connectivity index (χ1n) is 9.29. The fourth-order valence-electron chi connectivity index (χ4n) is 4.03. The molecule has 1 saturated carbocycles. The average Bonchev–Trinajstić information content (AvgIpc) is 2.88. The molecule has 7 nitrogen and oxygen atoms in total. The summed E-state index contributed by atoms with van der Waals surface area (Å²) in [6.45, 7) is 1.98. The van der Waals surface area contributed by atoms with Crippen LogP contribution in [0.2, 0.25) is 0 Å². The van der Waals surface area contributed by atoms with Gasteiger partial charge in [-0.05, 0) is 25.3 Å². The van der Waals surface area contributed by atoms with Gasteiger partial charge in [0.25, 0.3) is 5.69 Å². The Labute approximate surface area is 161 Å². The van der Waals surface area contributed by atoms with Crippen molar-refractivity contribution < 1.29 is 9.72 Å². The number of carbonyl (C=O) groups is 1. The lowest BCUT2D eigenvalue weighted by molar-refractivity contribution is -0.384. The molecule has 4 rings (SSSR count). The number of nitrogens with zero attached hydrogens (tertiary/aromatic N) is 3. The molecule has 2 aromatic rings. The van der Waals surface area contributed by atoms with Gasteiger partial charge in [0.2, 0.25) is 5.91 Å². The minimum atomic E-state index is -0.396. The summed E-state index contributed by atoms with van der Waals surface area (Å²) < 4.78 is 2.02. The molecule has 8 heteroatoms. The lowest BCUT2D eigenvalue weighted by Crippen LogP contribution is -2.20. The SMILES string of the molecule is Cc1nn(C2CCCCC2)c2c1[C@H](c1ccc([N+](=O)[O-])cc1)SCC(=O)N2. The van der Waals surface area contributed by atoms with Gasteiger partial charge in [-0.3, -0.25) is 14.9 Å². The van der Waals surface area contributed by atoms with Crippen LogP contribution < -0.4 is 5.32 Å². The first-order valence-corrected chi connectivity index (χ1v) is 10.3. The van der Waals surface area contributed by atoms with Crippen LogP contribution >= 0.6 is 11.8 Å². The van der Waals surface area contributed by atoms with Gasteiger partial charge >= 0.3 is 0 Å². The average molecular weight is 386 g/mol. The number of amides is 1. The maximum Gasteiger partial charge on any atom is 0.269 e. The molecule has 1 atom stereocenters. The highest BCUT2D eigenvalue weighted by molar-refractivity contribution is 8.00. The zero-order chi connectivity index (χ0) is 19.0. The van der Waals surface area contributed by atoms with Crippen molar-refractivity contribution in [3.63, 3.8) is 0 Å². The number of anilines is 1. The smallest absolute Gasteiger partial charge is 0.269 e. The summed E-state index contributed by atoms with van der Waals surface area (Å²) in [5, 5.41) is 18.7. The van der Waals surface area contributed by atoms with E-state index in [0.717, 1.165) is 35.5 Å². The first kappa shape index (κ1) is 18.0. The number of aryl methyl sites for hydroxylation is 1. The first-order chi connectivity index (χ1) is 13.0. The van der Waals surface area contributed by atoms with E-state index in [9.17, 15) is 14.9 Å². The Bertz CT molecular complexity index is 872. The molecule has 27 heavy (non-hydrogen) atoms. The summed E-state index contributed by atoms with van der Waals surface area (Å²) in [4.78, 5) is 22.9. The molecule has 1 fully saturated rings. The second-order valence-corrected chi connectivity index (χ2v) is 8.27. The van der Waals surface area contributed by atoms with E-state index < -0.39 is 4.92 Å². The van der Waals surface area contributed by atoms with Crippen LogP contribution in [0.15, 0.2) is 24.3 Å². The summed E-state index contributed by atoms with van der Waals surface area (Å²) in [6.07, 6.45) is 5.80. The van der Waals surface area contributed by atoms with Crippen LogP contribution in [0.25, 0.3) is 0 Å². The molecule has 2 aliphatic rings. The molecule has 0 bridgehead atoms. The van der Waals surface area contributed by atoms with Crippen molar-refractivity contribution in [2.75, 3.05) is 11.1 Å². The molecular weight excluding hydrogens is 364 g/mol. The monoisotopic (exact) mass is 386 g/mol. The van der Waals surface area contributed by atoms with Gasteiger partial charge in [-0.2, -0.15) is 5.10 Å². The van der Waals surface area contributed by atoms with Crippen molar-refractivity contribution in [3.8, 4) is 0 Å². The van der Waals surface area contributed by atoms with E-state index in [-0.39, 0.29) is 16.8 Å². The third-order valence-corrected chi connectivity index (χ3v) is 6.63. The number of thioether (sulfide) groups is 1. The Morgan fingerprint density at radius 1 is 1.22 bits per heavy atom. The van der Waals surface area contributed by atoms with Crippen LogP contribution in [-0.2, 0) is 4.79 Å². The fourth-order valence-corrected chi connectivity index (χ4v) is 5.22. The van der Waals surface area contributed by atoms with Gasteiger partial charge in [-0.1, -0.05) is 31.4 Å². The van der Waals surface area contributed by atoms with Crippen molar-refractivity contribution in [2.45, 2.75) is 50.3 Å². The van der Waals surface area contributed by atoms with Gasteiger partial charge in [0.1, 0.15) is 5.82 Å². The summed E-state index contributed by atoms with van der Waals surface area (Å²) in [6, 6.07) is 6.94. The Morgan fingerprint density at radius 2 is 1.93 bits per heavy atom. The lowest BCUT2D eigenvalue weighted by Gasteiger charge is -2.24. The van der Waals surface area contributed by atoms with Crippen LogP contribution in [-0.4, -0.2) is 26.4 Å². The third-order valence-electron chi connectivity index (χ3n) is 5.36. The predicted molar refractivity (Wildman–Crippen MR) is 105 cm³/mol. The zero-order valence-corrected chi connectivity index (χ0v) is 16.0. The Morgan fingerprint density at radius 3 is 2.59 bits per heavy atom. The van der Waals surface area contributed by atoms with Gasteiger partial charge in [-0.15, -0.1) is 11.8 Å². The number of nitro benzene ring substituents is 1. The molecule has 1 aromatic carbocycles. The maximum atomic E-state index is 12.3. The maximum absolute atomic E-state index is 12.3. The standard InChI is InChI=1S/C19H22N4O3S/c1-12-17-18(13-7-9-15(10-8-13)23(25)26)27-11-16(24)20-19(17)22(21-12)14-5-3-2-4-6-14/h7-10,14,18H,2-6,11H2,1H3,(H,20,24)/t18-/m0/s1. The number of benzene rings is 1. The van der Waals surface area contributed by atoms with Gasteiger partial charge in [0.05, 0.1) is 27.7 Å². The van der Waals surface area contributed by atoms with E-state index in [1.54, 1.807) is 23.9 Å². The van der Waals surface area contributed by atoms with Crippen molar-refractivity contribution in [3.05, 3.63) is 51.2 Å². The van der Waals surface area contributed by atoms with Gasteiger partial charge in [-0.25, -0.2) is 4.68 Å². The number of carbonyl (C=O) groups excluding carboxylic acids is 1. The van der Waals surface area contributed by atoms with Crippen LogP contribution in [0, 0.1) is 17.0 Å². The molecule has 0 saturated heterocycles. The number of hydrogen-bond acceptors (Lipinski definition) is 5. The molecule has 1 aliphatic carbocycles. The quantitative estimate of drug-likeness (QED) is 0.624. The summed E-state index contributed by atoms with van der Waals surface area (Å²) in [5.41, 5.74) is 2.95. The number of aromatic nitrogens is 2. The van der Waals surface area contributed by atoms with Crippen molar-refractivity contribution in [2.24, 2.45) is 0 Å². The van der Waals surface area contributed by atoms with Crippen LogP contribution in [0.1, 0.15) is 60.2 Å². The topological polar surface area (TPSA) is 90.1 Å². The van der Waals surface area contributed by atoms with E-state index in [2.05, 4.69) is 5.32 Å². The molecule has 0 unspecified atom stereocenters. The number of nitro groups is 1. The Kier molecular flexibility index (Phi) is 4.90. The van der Waals surface area contributed by atoms with E-state index in [4.69, 9.17) is 5.10 Å². The van der Waals surface area contributed by atoms with Crippen LogP contribution in [0.4, 0.5) is 11.5 Å². The van der Waals surface area contributed by atoms with E-state index >= 15 is 0 Å². The molecule has 0 spiro atoms. The summed E-state index contributed by atoms with van der Waals surface area (Å²) >= 11 is 1.54. The molecule has 1 N–H and O–H groups in total. The van der Waals surface area contributed by atoms with Gasteiger partial charge in [0.15, 0.2) is 0 Å². The highest BCUT2D eigenvalue weighted by Crippen LogP contribution is 2.45. The second-order valence-electron chi connectivity index (χ2n) is 7.17. The molecule has 1 amide bonds. The lowest BCUT2D eigenvalue weighted by atomic mass is 9.95. The van der Waals surface area contributed by atoms with Crippen molar-refractivity contribution in [1.82, 2.24) is 9.78 Å². The summed E-state index contributed by atoms with van der Waals surface area (Å²) in [5.74, 6) is 1.13. The molecule has 1 aliphatic heterocycles. The normalized spacial score (nSPS) is 20.6. The number of non-ortho nitro benzene ring substituents is 1. The van der Waals surface area contributed by atoms with Crippen molar-refractivity contribution >= 4 is 29.2 Å². The van der Waals surface area contributed by atoms with Crippen LogP contribution in [0.5, 0.6) is 0 Å². The number of rotatable bonds is 3. The predicted octanol–water partition coefficient (Wildman–Crippen LogP) is 4.38. The number of nitrogens with one attached hydrogen (secondary N) is 1. The molecular formula is C19H22N4O3S. The highest BCUT2D eigenvalue weighted by atomic mass is 32.2. The summed E-state index contributed by atoms with van der Waals surface area (Å²) in [7, 11) is 0. The minimum absolute atomic E-state index is 0.0254. The van der Waals surface area contributed by atoms with Crippen LogP contribution in [0.3, 0.4) is 0 Å². The van der Waals surface area contributed by atoms with Gasteiger partial charge in [0, 0.05) is 17.7 Å². The third kappa shape index (κ3) is 3.45. The highest BCUT2D eigenvalue weighted by Gasteiger charge is 2.32. The Balaban J connectivity index is 1.76. The molecule has 1 aromatic heterocycles. The number of fused-ring (bicyclic) bond motifs is 1. The minimum Gasteiger partial charge on any atom is -0.310 e. The zero-order valence-electron chi connectivity index (χ0n) is 15.2. The van der Waals surface area contributed by atoms with E-state index in [1.165, 1.54) is 31.4 Å². The van der Waals surface area contributed by atoms with Gasteiger partial charge < -0.3 is 5.32 Å². The molecule has 0 radical (unpaired) electrons. The second kappa shape index (κ2) is 7.34. The largest absolute Gasteiger partial charge is 0.310 e. The molecule has 2 heterocycles. The van der Waals surface area contributed by atoms with E-state index in [0.29, 0.717) is 11.8 Å². The number of hydrogen-bond donors (Lipinski definition) is 1. The molecule has 142 valence electrons. The van der Waals surface area contributed by atoms with E-state index in [1.807, 2.05) is 11.6 Å².